The third kappa shape index (κ3) is 3.06. The molecule has 0 N–H and O–H groups in total. The molecule has 0 aliphatic carbocycles. The molecule has 0 radical (unpaired) electrons. The molecular weight excluding hydrogens is 292 g/mol. The van der Waals surface area contributed by atoms with E-state index < -0.39 is 0 Å². The van der Waals surface area contributed by atoms with Gasteiger partial charge >= 0.3 is 0 Å². The smallest absolute Gasteiger partial charge is 0.219 e. The van der Waals surface area contributed by atoms with Gasteiger partial charge in [0.05, 0.1) is 12.8 Å². The summed E-state index contributed by atoms with van der Waals surface area (Å²) >= 11 is 0. The Morgan fingerprint density at radius 1 is 1.39 bits per heavy atom. The Morgan fingerprint density at radius 2 is 2.22 bits per heavy atom. The fraction of sp³-hybridized carbons (Fsp3) is 0.471. The van der Waals surface area contributed by atoms with E-state index in [0.717, 1.165) is 42.2 Å². The molecule has 1 fully saturated rings. The highest BCUT2D eigenvalue weighted by Crippen LogP contribution is 2.30. The first-order valence-corrected chi connectivity index (χ1v) is 7.90. The van der Waals surface area contributed by atoms with Crippen LogP contribution in [-0.2, 0) is 4.79 Å². The first kappa shape index (κ1) is 15.5. The Kier molecular flexibility index (Phi) is 4.32. The van der Waals surface area contributed by atoms with E-state index in [-0.39, 0.29) is 11.8 Å². The van der Waals surface area contributed by atoms with E-state index in [2.05, 4.69) is 16.3 Å². The van der Waals surface area contributed by atoms with Crippen molar-refractivity contribution in [1.29, 1.82) is 0 Å². The number of aromatic nitrogens is 3. The van der Waals surface area contributed by atoms with E-state index >= 15 is 0 Å². The minimum absolute atomic E-state index is 0.119. The Labute approximate surface area is 136 Å². The van der Waals surface area contributed by atoms with E-state index in [1.54, 1.807) is 20.4 Å². The molecule has 1 aliphatic heterocycles. The van der Waals surface area contributed by atoms with Gasteiger partial charge in [0.25, 0.3) is 0 Å². The number of benzene rings is 1. The van der Waals surface area contributed by atoms with Gasteiger partial charge < -0.3 is 9.64 Å². The molecule has 2 aromatic rings. The van der Waals surface area contributed by atoms with Crippen molar-refractivity contribution in [3.63, 3.8) is 0 Å². The van der Waals surface area contributed by atoms with E-state index in [4.69, 9.17) is 4.74 Å². The molecule has 6 heteroatoms. The molecule has 1 aliphatic rings. The van der Waals surface area contributed by atoms with Crippen molar-refractivity contribution in [3.8, 4) is 11.4 Å². The summed E-state index contributed by atoms with van der Waals surface area (Å²) < 4.78 is 7.47. The number of nitrogens with zero attached hydrogens (tertiary/aromatic N) is 4. The summed E-state index contributed by atoms with van der Waals surface area (Å²) in [4.78, 5) is 13.6. The number of likely N-dealkylation sites (tertiary alicyclic amines) is 1. The molecular formula is C17H22N4O2. The van der Waals surface area contributed by atoms with Crippen molar-refractivity contribution in [2.75, 3.05) is 20.2 Å². The van der Waals surface area contributed by atoms with Crippen molar-refractivity contribution in [2.24, 2.45) is 0 Å². The van der Waals surface area contributed by atoms with Crippen molar-refractivity contribution >= 4 is 5.91 Å². The van der Waals surface area contributed by atoms with Crippen molar-refractivity contribution in [1.82, 2.24) is 19.7 Å². The van der Waals surface area contributed by atoms with Gasteiger partial charge in [-0.25, -0.2) is 0 Å². The zero-order valence-corrected chi connectivity index (χ0v) is 13.8. The van der Waals surface area contributed by atoms with Gasteiger partial charge in [-0.15, -0.1) is 10.2 Å². The predicted molar refractivity (Wildman–Crippen MR) is 86.9 cm³/mol. The van der Waals surface area contributed by atoms with Gasteiger partial charge in [-0.3, -0.25) is 9.36 Å². The van der Waals surface area contributed by atoms with E-state index in [9.17, 15) is 4.79 Å². The van der Waals surface area contributed by atoms with E-state index in [1.807, 2.05) is 28.5 Å². The van der Waals surface area contributed by atoms with Crippen LogP contribution in [0.4, 0.5) is 0 Å². The minimum Gasteiger partial charge on any atom is -0.495 e. The van der Waals surface area contributed by atoms with Crippen LogP contribution < -0.4 is 4.74 Å². The molecule has 23 heavy (non-hydrogen) atoms. The van der Waals surface area contributed by atoms with Crippen LogP contribution in [0, 0.1) is 6.92 Å². The second kappa shape index (κ2) is 6.40. The molecule has 1 atom stereocenters. The maximum Gasteiger partial charge on any atom is 0.219 e. The summed E-state index contributed by atoms with van der Waals surface area (Å²) in [7, 11) is 1.66. The van der Waals surface area contributed by atoms with Crippen LogP contribution in [0.5, 0.6) is 5.75 Å². The number of amides is 1. The lowest BCUT2D eigenvalue weighted by molar-refractivity contribution is -0.130. The van der Waals surface area contributed by atoms with Crippen LogP contribution in [0.3, 0.4) is 0 Å². The number of piperidine rings is 1. The average molecular weight is 314 g/mol. The minimum atomic E-state index is 0.119. The van der Waals surface area contributed by atoms with Gasteiger partial charge in [0.15, 0.2) is 0 Å². The lowest BCUT2D eigenvalue weighted by atomic mass is 9.97. The van der Waals surface area contributed by atoms with Crippen LogP contribution in [0.2, 0.25) is 0 Å². The van der Waals surface area contributed by atoms with Crippen LogP contribution >= 0.6 is 0 Å². The molecule has 1 aromatic carbocycles. The van der Waals surface area contributed by atoms with Crippen molar-refractivity contribution < 1.29 is 9.53 Å². The largest absolute Gasteiger partial charge is 0.495 e. The molecule has 122 valence electrons. The molecule has 2 heterocycles. The number of hydrogen-bond acceptors (Lipinski definition) is 4. The SMILES string of the molecule is COc1ccc(C)cc1-n1cnnc1[C@H]1CCCN(C(C)=O)C1. The molecule has 0 saturated carbocycles. The molecule has 6 nitrogen and oxygen atoms in total. The predicted octanol–water partition coefficient (Wildman–Crippen LogP) is 2.31. The summed E-state index contributed by atoms with van der Waals surface area (Å²) in [6.45, 7) is 5.19. The number of methoxy groups -OCH3 is 1. The molecule has 0 spiro atoms. The van der Waals surface area contributed by atoms with Crippen molar-refractivity contribution in [3.05, 3.63) is 35.9 Å². The van der Waals surface area contributed by atoms with Crippen LogP contribution in [0.25, 0.3) is 5.69 Å². The average Bonchev–Trinajstić information content (AvgIpc) is 3.04. The zero-order valence-electron chi connectivity index (χ0n) is 13.8. The molecule has 1 saturated heterocycles. The maximum absolute atomic E-state index is 11.7. The lowest BCUT2D eigenvalue weighted by Crippen LogP contribution is -2.38. The fourth-order valence-corrected chi connectivity index (χ4v) is 3.17. The summed E-state index contributed by atoms with van der Waals surface area (Å²) in [5.74, 6) is 1.99. The van der Waals surface area contributed by atoms with E-state index in [1.165, 1.54) is 0 Å². The summed E-state index contributed by atoms with van der Waals surface area (Å²) in [6, 6.07) is 6.04. The molecule has 0 bridgehead atoms. The number of aryl methyl sites for hydroxylation is 1. The maximum atomic E-state index is 11.7. The molecule has 1 aromatic heterocycles. The van der Waals surface area contributed by atoms with Gasteiger partial charge in [-0.1, -0.05) is 6.07 Å². The summed E-state index contributed by atoms with van der Waals surface area (Å²) in [5.41, 5.74) is 2.09. The summed E-state index contributed by atoms with van der Waals surface area (Å²) in [5, 5.41) is 8.44. The highest BCUT2D eigenvalue weighted by molar-refractivity contribution is 5.73. The first-order valence-electron chi connectivity index (χ1n) is 7.90. The van der Waals surface area contributed by atoms with Gasteiger partial charge in [0, 0.05) is 25.9 Å². The molecule has 3 rings (SSSR count). The van der Waals surface area contributed by atoms with Crippen LogP contribution in [0.1, 0.15) is 37.1 Å². The van der Waals surface area contributed by atoms with Gasteiger partial charge in [-0.2, -0.15) is 0 Å². The van der Waals surface area contributed by atoms with Crippen LogP contribution in [0.15, 0.2) is 24.5 Å². The Balaban J connectivity index is 1.97. The van der Waals surface area contributed by atoms with Crippen LogP contribution in [-0.4, -0.2) is 45.8 Å². The second-order valence-corrected chi connectivity index (χ2v) is 6.04. The zero-order chi connectivity index (χ0) is 16.4. The Hall–Kier alpha value is -2.37. The third-order valence-electron chi connectivity index (χ3n) is 4.40. The quantitative estimate of drug-likeness (QED) is 0.872. The lowest BCUT2D eigenvalue weighted by Gasteiger charge is -2.31. The first-order chi connectivity index (χ1) is 11.1. The highest BCUT2D eigenvalue weighted by atomic mass is 16.5. The topological polar surface area (TPSA) is 60.2 Å². The number of rotatable bonds is 3. The number of carbonyl (C=O) groups is 1. The Morgan fingerprint density at radius 3 is 2.96 bits per heavy atom. The summed E-state index contributed by atoms with van der Waals surface area (Å²) in [6.07, 6.45) is 3.72. The highest BCUT2D eigenvalue weighted by Gasteiger charge is 2.27. The number of carbonyl (C=O) groups excluding carboxylic acids is 1. The monoisotopic (exact) mass is 314 g/mol. The van der Waals surface area contributed by atoms with E-state index in [0.29, 0.717) is 6.54 Å². The second-order valence-electron chi connectivity index (χ2n) is 6.04. The third-order valence-corrected chi connectivity index (χ3v) is 4.40. The normalized spacial score (nSPS) is 18.0. The number of hydrogen-bond donors (Lipinski definition) is 0. The molecule has 0 unspecified atom stereocenters. The van der Waals surface area contributed by atoms with Gasteiger partial charge in [-0.05, 0) is 37.5 Å². The number of ether oxygens (including phenoxy) is 1. The molecule has 1 amide bonds. The fourth-order valence-electron chi connectivity index (χ4n) is 3.17. The van der Waals surface area contributed by atoms with Gasteiger partial charge in [0.1, 0.15) is 17.9 Å². The standard InChI is InChI=1S/C17H22N4O2/c1-12-6-7-16(23-3)15(9-12)21-11-18-19-17(21)14-5-4-8-20(10-14)13(2)22/h6-7,9,11,14H,4-5,8,10H2,1-3H3/t14-/m0/s1. The van der Waals surface area contributed by atoms with Crippen molar-refractivity contribution in [2.45, 2.75) is 32.6 Å². The Bertz CT molecular complexity index is 710. The van der Waals surface area contributed by atoms with Gasteiger partial charge in [0.2, 0.25) is 5.91 Å².